The Hall–Kier alpha value is -4.28. The van der Waals surface area contributed by atoms with Crippen molar-refractivity contribution in [3.63, 3.8) is 0 Å². The molecule has 38 heavy (non-hydrogen) atoms. The standard InChI is InChI=1S/C28H32FN7O2/c1-19(29)27(37)31-22-12-8-10-14-24(22)36(38-6)28-30-17-25(34(4)16-15-33(2)3)26(32-28)21-18-35(5)23-13-9-7-11-20(21)23/h7-14,17-18H,1,15-16H2,2-6H3,(H,31,37). The third-order valence-electron chi connectivity index (χ3n) is 6.18. The molecule has 10 heteroatoms. The molecule has 0 unspecified atom stereocenters. The van der Waals surface area contributed by atoms with Gasteiger partial charge >= 0.3 is 0 Å². The largest absolute Gasteiger partial charge is 0.370 e. The molecule has 0 atom stereocenters. The number of aryl methyl sites for hydroxylation is 1. The molecule has 0 aliphatic heterocycles. The van der Waals surface area contributed by atoms with Gasteiger partial charge in [-0.3, -0.25) is 9.63 Å². The first-order chi connectivity index (χ1) is 18.2. The van der Waals surface area contributed by atoms with Crippen molar-refractivity contribution in [2.24, 2.45) is 7.05 Å². The number of para-hydroxylation sites is 3. The summed E-state index contributed by atoms with van der Waals surface area (Å²) in [6, 6.07) is 15.0. The molecule has 1 N–H and O–H groups in total. The second-order valence-corrected chi connectivity index (χ2v) is 9.15. The van der Waals surface area contributed by atoms with E-state index in [4.69, 9.17) is 9.82 Å². The van der Waals surface area contributed by atoms with Crippen LogP contribution >= 0.6 is 0 Å². The van der Waals surface area contributed by atoms with E-state index in [9.17, 15) is 9.18 Å². The molecule has 4 aromatic rings. The molecule has 0 spiro atoms. The van der Waals surface area contributed by atoms with E-state index in [1.54, 1.807) is 30.5 Å². The number of nitrogens with one attached hydrogen (secondary N) is 1. The Bertz CT molecular complexity index is 1470. The number of benzene rings is 2. The maximum absolute atomic E-state index is 13.4. The molecule has 0 saturated heterocycles. The van der Waals surface area contributed by atoms with Gasteiger partial charge in [-0.15, -0.1) is 0 Å². The summed E-state index contributed by atoms with van der Waals surface area (Å²) in [6.07, 6.45) is 3.82. The third kappa shape index (κ3) is 5.51. The van der Waals surface area contributed by atoms with Crippen molar-refractivity contribution in [2.75, 3.05) is 56.6 Å². The van der Waals surface area contributed by atoms with Crippen LogP contribution in [0.25, 0.3) is 22.2 Å². The summed E-state index contributed by atoms with van der Waals surface area (Å²) >= 11 is 0. The fourth-order valence-corrected chi connectivity index (χ4v) is 4.18. The number of carbonyl (C=O) groups excluding carboxylic acids is 1. The first-order valence-corrected chi connectivity index (χ1v) is 12.1. The quantitative estimate of drug-likeness (QED) is 0.240. The van der Waals surface area contributed by atoms with E-state index in [2.05, 4.69) is 49.6 Å². The summed E-state index contributed by atoms with van der Waals surface area (Å²) in [5.41, 5.74) is 4.37. The summed E-state index contributed by atoms with van der Waals surface area (Å²) in [4.78, 5) is 31.5. The summed E-state index contributed by atoms with van der Waals surface area (Å²) in [5, 5.41) is 4.97. The highest BCUT2D eigenvalue weighted by molar-refractivity contribution is 6.04. The molecule has 9 nitrogen and oxygen atoms in total. The first kappa shape index (κ1) is 26.8. The van der Waals surface area contributed by atoms with Crippen molar-refractivity contribution in [1.29, 1.82) is 0 Å². The normalized spacial score (nSPS) is 11.1. The minimum Gasteiger partial charge on any atom is -0.370 e. The average molecular weight is 518 g/mol. The molecule has 198 valence electrons. The Kier molecular flexibility index (Phi) is 8.04. The Balaban J connectivity index is 1.85. The van der Waals surface area contributed by atoms with Crippen molar-refractivity contribution in [1.82, 2.24) is 19.4 Å². The van der Waals surface area contributed by atoms with E-state index in [0.717, 1.165) is 40.9 Å². The first-order valence-electron chi connectivity index (χ1n) is 12.1. The van der Waals surface area contributed by atoms with E-state index in [1.165, 1.54) is 12.2 Å². The molecule has 0 saturated carbocycles. The van der Waals surface area contributed by atoms with E-state index < -0.39 is 11.7 Å². The molecule has 2 heterocycles. The minimum absolute atomic E-state index is 0.251. The van der Waals surface area contributed by atoms with Crippen LogP contribution in [0.15, 0.2) is 73.3 Å². The van der Waals surface area contributed by atoms with Crippen molar-refractivity contribution in [3.05, 3.63) is 73.3 Å². The molecule has 0 bridgehead atoms. The van der Waals surface area contributed by atoms with Gasteiger partial charge in [-0.05, 0) is 32.3 Å². The average Bonchev–Trinajstić information content (AvgIpc) is 3.24. The highest BCUT2D eigenvalue weighted by atomic mass is 19.1. The zero-order valence-corrected chi connectivity index (χ0v) is 22.3. The van der Waals surface area contributed by atoms with Gasteiger partial charge in [0.1, 0.15) is 5.69 Å². The number of nitrogens with zero attached hydrogens (tertiary/aromatic N) is 6. The lowest BCUT2D eigenvalue weighted by atomic mass is 10.1. The van der Waals surface area contributed by atoms with Gasteiger partial charge in [0.15, 0.2) is 5.83 Å². The summed E-state index contributed by atoms with van der Waals surface area (Å²) in [5.74, 6) is -1.78. The Labute approximate surface area is 221 Å². The van der Waals surface area contributed by atoms with Crippen LogP contribution < -0.4 is 15.3 Å². The maximum Gasteiger partial charge on any atom is 0.283 e. The van der Waals surface area contributed by atoms with Gasteiger partial charge in [-0.2, -0.15) is 5.06 Å². The lowest BCUT2D eigenvalue weighted by Gasteiger charge is -2.26. The van der Waals surface area contributed by atoms with Gasteiger partial charge in [0.05, 0.1) is 30.4 Å². The lowest BCUT2D eigenvalue weighted by molar-refractivity contribution is -0.114. The van der Waals surface area contributed by atoms with Gasteiger partial charge in [0.25, 0.3) is 11.9 Å². The number of fused-ring (bicyclic) bond motifs is 1. The predicted octanol–water partition coefficient (Wildman–Crippen LogP) is 4.75. The minimum atomic E-state index is -1.09. The topological polar surface area (TPSA) is 78.8 Å². The Morgan fingerprint density at radius 1 is 1.08 bits per heavy atom. The summed E-state index contributed by atoms with van der Waals surface area (Å²) in [6.45, 7) is 4.69. The van der Waals surface area contributed by atoms with Crippen molar-refractivity contribution in [2.45, 2.75) is 0 Å². The van der Waals surface area contributed by atoms with Gasteiger partial charge in [0.2, 0.25) is 0 Å². The van der Waals surface area contributed by atoms with E-state index in [1.807, 2.05) is 40.3 Å². The number of aromatic nitrogens is 3. The number of halogens is 1. The van der Waals surface area contributed by atoms with Crippen LogP contribution in [0.2, 0.25) is 0 Å². The number of rotatable bonds is 10. The maximum atomic E-state index is 13.4. The van der Waals surface area contributed by atoms with Gasteiger partial charge in [-0.25, -0.2) is 14.4 Å². The molecule has 0 fully saturated rings. The molecule has 0 aliphatic carbocycles. The van der Waals surface area contributed by atoms with E-state index in [-0.39, 0.29) is 5.95 Å². The fraction of sp³-hybridized carbons (Fsp3) is 0.250. The lowest BCUT2D eigenvalue weighted by Crippen LogP contribution is -2.29. The van der Waals surface area contributed by atoms with Crippen molar-refractivity contribution in [3.8, 4) is 11.3 Å². The molecule has 2 aromatic heterocycles. The highest BCUT2D eigenvalue weighted by Gasteiger charge is 2.23. The summed E-state index contributed by atoms with van der Waals surface area (Å²) < 4.78 is 15.5. The van der Waals surface area contributed by atoms with Gasteiger partial charge in [-0.1, -0.05) is 36.9 Å². The Morgan fingerprint density at radius 2 is 1.79 bits per heavy atom. The second-order valence-electron chi connectivity index (χ2n) is 9.15. The number of carbonyl (C=O) groups is 1. The van der Waals surface area contributed by atoms with Crippen LogP contribution in [-0.4, -0.2) is 66.7 Å². The molecule has 2 aromatic carbocycles. The SMILES string of the molecule is C=C(F)C(=O)Nc1ccccc1N(OC)c1ncc(N(C)CCN(C)C)c(-c2cn(C)c3ccccc23)n1. The third-order valence-corrected chi connectivity index (χ3v) is 6.18. The van der Waals surface area contributed by atoms with Crippen LogP contribution in [0, 0.1) is 0 Å². The van der Waals surface area contributed by atoms with E-state index in [0.29, 0.717) is 11.4 Å². The second kappa shape index (κ2) is 11.4. The van der Waals surface area contributed by atoms with Crippen LogP contribution in [0.4, 0.5) is 27.4 Å². The van der Waals surface area contributed by atoms with Crippen LogP contribution in [0.1, 0.15) is 0 Å². The molecule has 4 rings (SSSR count). The summed E-state index contributed by atoms with van der Waals surface area (Å²) in [7, 11) is 9.56. The van der Waals surface area contributed by atoms with Gasteiger partial charge in [0, 0.05) is 49.8 Å². The van der Waals surface area contributed by atoms with Gasteiger partial charge < -0.3 is 19.7 Å². The monoisotopic (exact) mass is 517 g/mol. The zero-order valence-electron chi connectivity index (χ0n) is 22.3. The highest BCUT2D eigenvalue weighted by Crippen LogP contribution is 2.37. The fourth-order valence-electron chi connectivity index (χ4n) is 4.18. The smallest absolute Gasteiger partial charge is 0.283 e. The number of hydrogen-bond acceptors (Lipinski definition) is 7. The van der Waals surface area contributed by atoms with Crippen LogP contribution in [0.5, 0.6) is 0 Å². The van der Waals surface area contributed by atoms with Crippen molar-refractivity contribution < 1.29 is 14.0 Å². The van der Waals surface area contributed by atoms with Crippen LogP contribution in [-0.2, 0) is 16.7 Å². The molecule has 1 amide bonds. The number of likely N-dealkylation sites (N-methyl/N-ethyl adjacent to an activating group) is 2. The van der Waals surface area contributed by atoms with E-state index >= 15 is 0 Å². The molecular formula is C28H32FN7O2. The van der Waals surface area contributed by atoms with Crippen LogP contribution in [0.3, 0.4) is 0 Å². The molecule has 0 aliphatic rings. The molecule has 0 radical (unpaired) electrons. The zero-order chi connectivity index (χ0) is 27.4. The molecular weight excluding hydrogens is 485 g/mol. The van der Waals surface area contributed by atoms with Crippen molar-refractivity contribution >= 4 is 39.8 Å². The Morgan fingerprint density at radius 3 is 2.50 bits per heavy atom. The predicted molar refractivity (Wildman–Crippen MR) is 150 cm³/mol. The number of anilines is 4. The number of hydrogen-bond donors (Lipinski definition) is 1. The number of amides is 1.